The molecule has 0 aliphatic heterocycles. The number of nitrogens with zero attached hydrogens (tertiary/aromatic N) is 1. The molecule has 0 aromatic carbocycles. The molecule has 35 heavy (non-hydrogen) atoms. The lowest BCUT2D eigenvalue weighted by Crippen LogP contribution is -2.66. The molecule has 5 rings (SSSR count). The Labute approximate surface area is 212 Å². The van der Waals surface area contributed by atoms with Gasteiger partial charge in [0.05, 0.1) is 17.9 Å². The fraction of sp³-hybridized carbons (Fsp3) is 0.839. The number of aliphatic hydroxyl groups is 2. The van der Waals surface area contributed by atoms with Crippen molar-refractivity contribution in [1.29, 1.82) is 0 Å². The van der Waals surface area contributed by atoms with Crippen molar-refractivity contribution in [2.45, 2.75) is 124 Å². The maximum atomic E-state index is 11.9. The first-order valence-corrected chi connectivity index (χ1v) is 14.2. The van der Waals surface area contributed by atoms with E-state index >= 15 is 0 Å². The van der Waals surface area contributed by atoms with Crippen LogP contribution in [0.5, 0.6) is 0 Å². The van der Waals surface area contributed by atoms with Crippen LogP contribution in [0, 0.1) is 39.9 Å². The van der Waals surface area contributed by atoms with Crippen LogP contribution in [0.15, 0.2) is 22.4 Å². The van der Waals surface area contributed by atoms with Crippen LogP contribution in [-0.2, 0) is 11.8 Å². The van der Waals surface area contributed by atoms with Crippen molar-refractivity contribution in [3.05, 3.63) is 29.2 Å². The van der Waals surface area contributed by atoms with E-state index in [9.17, 15) is 10.2 Å². The molecule has 2 N–H and O–H groups in total. The second-order valence-electron chi connectivity index (χ2n) is 14.7. The maximum Gasteiger partial charge on any atom is 0.145 e. The quantitative estimate of drug-likeness (QED) is 0.460. The number of allylic oxidation sites excluding steroid dienone is 2. The minimum atomic E-state index is -0.746. The van der Waals surface area contributed by atoms with Crippen LogP contribution in [0.4, 0.5) is 0 Å². The summed E-state index contributed by atoms with van der Waals surface area (Å²) in [5.74, 6) is 2.36. The zero-order chi connectivity index (χ0) is 25.6. The van der Waals surface area contributed by atoms with E-state index in [1.54, 1.807) is 0 Å². The van der Waals surface area contributed by atoms with Crippen LogP contribution >= 0.6 is 0 Å². The lowest BCUT2D eigenvalue weighted by Gasteiger charge is -2.69. The minimum Gasteiger partial charge on any atom is -0.393 e. The molecule has 1 aromatic heterocycles. The molecule has 196 valence electrons. The van der Waals surface area contributed by atoms with Crippen molar-refractivity contribution in [2.24, 2.45) is 39.9 Å². The molecule has 4 heteroatoms. The van der Waals surface area contributed by atoms with Crippen molar-refractivity contribution >= 4 is 0 Å². The van der Waals surface area contributed by atoms with E-state index in [1.165, 1.54) is 24.0 Å². The van der Waals surface area contributed by atoms with E-state index in [0.717, 1.165) is 44.3 Å². The first-order chi connectivity index (χ1) is 16.2. The van der Waals surface area contributed by atoms with Gasteiger partial charge in [0.2, 0.25) is 0 Å². The van der Waals surface area contributed by atoms with Gasteiger partial charge in [-0.15, -0.1) is 0 Å². The number of fused-ring (bicyclic) bond motifs is 6. The third-order valence-corrected chi connectivity index (χ3v) is 12.3. The largest absolute Gasteiger partial charge is 0.393 e. The number of rotatable bonds is 4. The summed E-state index contributed by atoms with van der Waals surface area (Å²) in [6.07, 6.45) is 11.9. The number of hydrogen-bond acceptors (Lipinski definition) is 4. The molecule has 3 fully saturated rings. The molecule has 0 spiro atoms. The highest BCUT2D eigenvalue weighted by molar-refractivity contribution is 5.33. The van der Waals surface area contributed by atoms with Gasteiger partial charge in [0.1, 0.15) is 5.76 Å². The van der Waals surface area contributed by atoms with Gasteiger partial charge in [0.15, 0.2) is 0 Å². The Bertz CT molecular complexity index is 1000. The fourth-order valence-electron chi connectivity index (χ4n) is 10.6. The topological polar surface area (TPSA) is 66.5 Å². The molecule has 0 amide bonds. The van der Waals surface area contributed by atoms with Gasteiger partial charge in [-0.05, 0) is 112 Å². The third kappa shape index (κ3) is 3.41. The van der Waals surface area contributed by atoms with Gasteiger partial charge < -0.3 is 14.7 Å². The molecular weight excluding hydrogens is 434 g/mol. The SMILES string of the molecule is CC(C)=CCC[C@](C)(O)[C@H]1CC[C@]2(C)[C@@H]1[C@H](O)C[C@@H]1[C@@]3(C)Cc4cnoc4C(C)(C)[C@@H]3CC[C@]12C. The molecule has 4 nitrogen and oxygen atoms in total. The predicted molar refractivity (Wildman–Crippen MR) is 140 cm³/mol. The molecule has 0 bridgehead atoms. The van der Waals surface area contributed by atoms with Gasteiger partial charge >= 0.3 is 0 Å². The summed E-state index contributed by atoms with van der Waals surface area (Å²) in [6, 6.07) is 0. The maximum absolute atomic E-state index is 11.9. The zero-order valence-electron chi connectivity index (χ0n) is 23.4. The van der Waals surface area contributed by atoms with Gasteiger partial charge in [0, 0.05) is 11.0 Å². The standard InChI is InChI=1S/C31H49NO3/c1-19(2)10-9-13-31(8,34)21-11-14-30(7)25(21)22(33)16-24-28(5)17-20-18-32-35-26(20)27(3,4)23(28)12-15-29(24,30)6/h10,18,21-25,33-34H,9,11-17H2,1-8H3/t21-,22+,23-,24+,25-,28-,29+,30+,31-/m0/s1. The van der Waals surface area contributed by atoms with E-state index in [1.807, 2.05) is 13.1 Å². The van der Waals surface area contributed by atoms with Gasteiger partial charge in [-0.1, -0.05) is 51.4 Å². The Hall–Kier alpha value is -1.13. The van der Waals surface area contributed by atoms with Gasteiger partial charge in [-0.3, -0.25) is 0 Å². The molecule has 0 radical (unpaired) electrons. The van der Waals surface area contributed by atoms with E-state index in [2.05, 4.69) is 59.7 Å². The van der Waals surface area contributed by atoms with Gasteiger partial charge in [0.25, 0.3) is 0 Å². The Morgan fingerprint density at radius 3 is 2.49 bits per heavy atom. The Morgan fingerprint density at radius 2 is 1.80 bits per heavy atom. The molecule has 0 saturated heterocycles. The summed E-state index contributed by atoms with van der Waals surface area (Å²) >= 11 is 0. The lowest BCUT2D eigenvalue weighted by molar-refractivity contribution is -0.224. The molecule has 1 heterocycles. The van der Waals surface area contributed by atoms with Gasteiger partial charge in [-0.2, -0.15) is 0 Å². The first-order valence-electron chi connectivity index (χ1n) is 14.2. The van der Waals surface area contributed by atoms with Gasteiger partial charge in [-0.25, -0.2) is 0 Å². The molecule has 4 aliphatic carbocycles. The van der Waals surface area contributed by atoms with Crippen molar-refractivity contribution in [2.75, 3.05) is 0 Å². The molecule has 4 aliphatic rings. The predicted octanol–water partition coefficient (Wildman–Crippen LogP) is 6.84. The van der Waals surface area contributed by atoms with Crippen LogP contribution in [-0.4, -0.2) is 27.1 Å². The molecule has 1 aromatic rings. The number of aliphatic hydroxyl groups excluding tert-OH is 1. The van der Waals surface area contributed by atoms with Crippen LogP contribution in [0.25, 0.3) is 0 Å². The van der Waals surface area contributed by atoms with Crippen LogP contribution in [0.1, 0.15) is 112 Å². The summed E-state index contributed by atoms with van der Waals surface area (Å²) in [4.78, 5) is 0. The Morgan fingerprint density at radius 1 is 1.11 bits per heavy atom. The van der Waals surface area contributed by atoms with E-state index < -0.39 is 5.60 Å². The van der Waals surface area contributed by atoms with Crippen LogP contribution < -0.4 is 0 Å². The summed E-state index contributed by atoms with van der Waals surface area (Å²) in [5, 5.41) is 27.8. The van der Waals surface area contributed by atoms with Crippen LogP contribution in [0.3, 0.4) is 0 Å². The molecule has 3 saturated carbocycles. The third-order valence-electron chi connectivity index (χ3n) is 12.3. The highest BCUT2D eigenvalue weighted by Crippen LogP contribution is 2.75. The van der Waals surface area contributed by atoms with E-state index in [4.69, 9.17) is 4.52 Å². The summed E-state index contributed by atoms with van der Waals surface area (Å²) < 4.78 is 5.80. The number of aromatic nitrogens is 1. The van der Waals surface area contributed by atoms with E-state index in [-0.39, 0.29) is 39.6 Å². The average Bonchev–Trinajstić information content (AvgIpc) is 3.35. The second-order valence-corrected chi connectivity index (χ2v) is 14.7. The summed E-state index contributed by atoms with van der Waals surface area (Å²) in [7, 11) is 0. The van der Waals surface area contributed by atoms with E-state index in [0.29, 0.717) is 11.8 Å². The van der Waals surface area contributed by atoms with Crippen molar-refractivity contribution < 1.29 is 14.7 Å². The molecule has 9 atom stereocenters. The van der Waals surface area contributed by atoms with Crippen molar-refractivity contribution in [3.8, 4) is 0 Å². The zero-order valence-corrected chi connectivity index (χ0v) is 23.4. The number of hydrogen-bond donors (Lipinski definition) is 2. The summed E-state index contributed by atoms with van der Waals surface area (Å²) in [5.41, 5.74) is 2.08. The Kier molecular flexibility index (Phi) is 5.78. The minimum absolute atomic E-state index is 0.0353. The first kappa shape index (κ1) is 25.5. The highest BCUT2D eigenvalue weighted by atomic mass is 16.5. The van der Waals surface area contributed by atoms with Crippen molar-refractivity contribution in [1.82, 2.24) is 5.16 Å². The van der Waals surface area contributed by atoms with Crippen LogP contribution in [0.2, 0.25) is 0 Å². The fourth-order valence-corrected chi connectivity index (χ4v) is 10.6. The molecule has 0 unspecified atom stereocenters. The Balaban J connectivity index is 1.50. The molecular formula is C31H49NO3. The summed E-state index contributed by atoms with van der Waals surface area (Å²) in [6.45, 7) is 18.5. The van der Waals surface area contributed by atoms with Crippen molar-refractivity contribution in [3.63, 3.8) is 0 Å². The monoisotopic (exact) mass is 483 g/mol. The average molecular weight is 484 g/mol. The lowest BCUT2D eigenvalue weighted by atomic mass is 9.35. The highest BCUT2D eigenvalue weighted by Gasteiger charge is 2.71. The normalized spacial score (nSPS) is 45.5. The second kappa shape index (κ2) is 7.93. The smallest absolute Gasteiger partial charge is 0.145 e.